The topological polar surface area (TPSA) is 89.8 Å². The van der Waals surface area contributed by atoms with Gasteiger partial charge in [-0.05, 0) is 42.3 Å². The minimum absolute atomic E-state index is 0.0554. The third kappa shape index (κ3) is 3.65. The summed E-state index contributed by atoms with van der Waals surface area (Å²) >= 11 is 0. The Hall–Kier alpha value is -4.00. The highest BCUT2D eigenvalue weighted by atomic mass is 16.6. The zero-order valence-corrected chi connectivity index (χ0v) is 16.2. The molecule has 1 aliphatic heterocycles. The van der Waals surface area contributed by atoms with Crippen LogP contribution < -0.4 is 4.74 Å². The van der Waals surface area contributed by atoms with Crippen molar-refractivity contribution in [3.63, 3.8) is 0 Å². The molecule has 3 aromatic rings. The highest BCUT2D eigenvalue weighted by molar-refractivity contribution is 6.21. The molecular formula is C23H18N2O5. The van der Waals surface area contributed by atoms with E-state index in [1.165, 1.54) is 11.0 Å². The number of ether oxygens (including phenoxy) is 1. The predicted octanol–water partition coefficient (Wildman–Crippen LogP) is 4.28. The predicted molar refractivity (Wildman–Crippen MR) is 109 cm³/mol. The van der Waals surface area contributed by atoms with Crippen molar-refractivity contribution in [1.82, 2.24) is 4.90 Å². The number of benzene rings is 3. The molecule has 0 aromatic heterocycles. The van der Waals surface area contributed by atoms with Crippen molar-refractivity contribution in [2.75, 3.05) is 0 Å². The van der Waals surface area contributed by atoms with Gasteiger partial charge in [0.25, 0.3) is 17.5 Å². The lowest BCUT2D eigenvalue weighted by atomic mass is 10.1. The molecule has 0 atom stereocenters. The van der Waals surface area contributed by atoms with E-state index in [0.717, 1.165) is 11.1 Å². The van der Waals surface area contributed by atoms with Gasteiger partial charge in [-0.1, -0.05) is 36.4 Å². The number of hydrogen-bond acceptors (Lipinski definition) is 5. The van der Waals surface area contributed by atoms with Gasteiger partial charge in [0.05, 0.1) is 22.6 Å². The summed E-state index contributed by atoms with van der Waals surface area (Å²) in [6.45, 7) is 2.17. The van der Waals surface area contributed by atoms with Gasteiger partial charge < -0.3 is 4.74 Å². The second-order valence-corrected chi connectivity index (χ2v) is 7.05. The van der Waals surface area contributed by atoms with Gasteiger partial charge in [-0.15, -0.1) is 0 Å². The van der Waals surface area contributed by atoms with E-state index in [0.29, 0.717) is 29.0 Å². The molecular weight excluding hydrogens is 384 g/mol. The number of amides is 2. The van der Waals surface area contributed by atoms with Crippen molar-refractivity contribution >= 4 is 17.5 Å². The molecule has 0 bridgehead atoms. The summed E-state index contributed by atoms with van der Waals surface area (Å²) in [4.78, 5) is 36.7. The van der Waals surface area contributed by atoms with Crippen molar-refractivity contribution in [2.45, 2.75) is 20.1 Å². The van der Waals surface area contributed by atoms with E-state index in [9.17, 15) is 19.7 Å². The van der Waals surface area contributed by atoms with E-state index in [4.69, 9.17) is 4.74 Å². The largest absolute Gasteiger partial charge is 0.489 e. The maximum absolute atomic E-state index is 12.5. The van der Waals surface area contributed by atoms with Gasteiger partial charge in [-0.2, -0.15) is 0 Å². The normalized spacial score (nSPS) is 12.8. The number of carbonyl (C=O) groups is 2. The molecule has 1 aliphatic rings. The van der Waals surface area contributed by atoms with Crippen LogP contribution in [0.15, 0.2) is 66.7 Å². The fourth-order valence-corrected chi connectivity index (χ4v) is 3.40. The van der Waals surface area contributed by atoms with E-state index in [2.05, 4.69) is 0 Å². The monoisotopic (exact) mass is 402 g/mol. The van der Waals surface area contributed by atoms with Gasteiger partial charge in [0.1, 0.15) is 12.4 Å². The average Bonchev–Trinajstić information content (AvgIpc) is 2.98. The number of nitrogens with zero attached hydrogens (tertiary/aromatic N) is 2. The summed E-state index contributed by atoms with van der Waals surface area (Å²) in [6, 6.07) is 18.9. The summed E-state index contributed by atoms with van der Waals surface area (Å²) in [6.07, 6.45) is 0. The van der Waals surface area contributed by atoms with Gasteiger partial charge in [0.2, 0.25) is 0 Å². The second kappa shape index (κ2) is 7.79. The van der Waals surface area contributed by atoms with Gasteiger partial charge in [0, 0.05) is 11.6 Å². The van der Waals surface area contributed by atoms with Crippen molar-refractivity contribution < 1.29 is 19.2 Å². The minimum Gasteiger partial charge on any atom is -0.489 e. The lowest BCUT2D eigenvalue weighted by Crippen LogP contribution is -2.29. The van der Waals surface area contributed by atoms with Crippen molar-refractivity contribution in [3.05, 3.63) is 105 Å². The van der Waals surface area contributed by atoms with E-state index in [1.54, 1.807) is 43.3 Å². The van der Waals surface area contributed by atoms with Crippen LogP contribution in [0, 0.1) is 17.0 Å². The SMILES string of the molecule is Cc1cc(OCc2ccc(CN3C(=O)c4ccccc4C3=O)cc2)ccc1[N+](=O)[O-]. The molecule has 2 amide bonds. The molecule has 1 heterocycles. The van der Waals surface area contributed by atoms with E-state index in [1.807, 2.05) is 24.3 Å². The summed E-state index contributed by atoms with van der Waals surface area (Å²) in [7, 11) is 0. The van der Waals surface area contributed by atoms with Crippen LogP contribution >= 0.6 is 0 Å². The minimum atomic E-state index is -0.424. The van der Waals surface area contributed by atoms with Gasteiger partial charge in [-0.25, -0.2) is 0 Å². The first kappa shape index (κ1) is 19.3. The Kier molecular flexibility index (Phi) is 5.02. The first-order valence-corrected chi connectivity index (χ1v) is 9.35. The summed E-state index contributed by atoms with van der Waals surface area (Å²) in [5.74, 6) is -0.0127. The molecule has 0 saturated heterocycles. The van der Waals surface area contributed by atoms with Crippen LogP contribution in [0.1, 0.15) is 37.4 Å². The molecule has 0 unspecified atom stereocenters. The molecule has 0 fully saturated rings. The van der Waals surface area contributed by atoms with Crippen LogP contribution in [0.4, 0.5) is 5.69 Å². The Morgan fingerprint density at radius 1 is 0.900 bits per heavy atom. The molecule has 0 aliphatic carbocycles. The third-order valence-electron chi connectivity index (χ3n) is 5.01. The molecule has 7 nitrogen and oxygen atoms in total. The van der Waals surface area contributed by atoms with E-state index >= 15 is 0 Å². The third-order valence-corrected chi connectivity index (χ3v) is 5.01. The quantitative estimate of drug-likeness (QED) is 0.349. The molecule has 0 saturated carbocycles. The zero-order chi connectivity index (χ0) is 21.3. The van der Waals surface area contributed by atoms with Crippen LogP contribution in [0.2, 0.25) is 0 Å². The number of fused-ring (bicyclic) bond motifs is 1. The summed E-state index contributed by atoms with van der Waals surface area (Å²) in [5.41, 5.74) is 3.20. The highest BCUT2D eigenvalue weighted by Crippen LogP contribution is 2.25. The molecule has 7 heteroatoms. The Bertz CT molecular complexity index is 1120. The Morgan fingerprint density at radius 3 is 2.07 bits per heavy atom. The second-order valence-electron chi connectivity index (χ2n) is 7.05. The maximum Gasteiger partial charge on any atom is 0.272 e. The fourth-order valence-electron chi connectivity index (χ4n) is 3.40. The smallest absolute Gasteiger partial charge is 0.272 e. The molecule has 0 spiro atoms. The number of imide groups is 1. The number of nitro groups is 1. The molecule has 0 N–H and O–H groups in total. The molecule has 4 rings (SSSR count). The average molecular weight is 402 g/mol. The lowest BCUT2D eigenvalue weighted by molar-refractivity contribution is -0.385. The summed E-state index contributed by atoms with van der Waals surface area (Å²) < 4.78 is 5.72. The van der Waals surface area contributed by atoms with Gasteiger partial charge >= 0.3 is 0 Å². The first-order valence-electron chi connectivity index (χ1n) is 9.35. The van der Waals surface area contributed by atoms with Crippen molar-refractivity contribution in [2.24, 2.45) is 0 Å². The maximum atomic E-state index is 12.5. The van der Waals surface area contributed by atoms with Gasteiger partial charge in [0.15, 0.2) is 0 Å². The fraction of sp³-hybridized carbons (Fsp3) is 0.130. The number of hydrogen-bond donors (Lipinski definition) is 0. The standard InChI is InChI=1S/C23H18N2O5/c1-15-12-18(10-11-21(15)25(28)29)30-14-17-8-6-16(7-9-17)13-24-22(26)19-4-2-3-5-20(19)23(24)27/h2-12H,13-14H2,1H3. The molecule has 150 valence electrons. The van der Waals surface area contributed by atoms with Crippen LogP contribution in [0.3, 0.4) is 0 Å². The highest BCUT2D eigenvalue weighted by Gasteiger charge is 2.34. The van der Waals surface area contributed by atoms with Crippen molar-refractivity contribution in [1.29, 1.82) is 0 Å². The first-order chi connectivity index (χ1) is 14.4. The zero-order valence-electron chi connectivity index (χ0n) is 16.2. The number of carbonyl (C=O) groups excluding carboxylic acids is 2. The Balaban J connectivity index is 1.39. The Labute approximate surface area is 172 Å². The van der Waals surface area contributed by atoms with Gasteiger partial charge in [-0.3, -0.25) is 24.6 Å². The lowest BCUT2D eigenvalue weighted by Gasteiger charge is -2.14. The molecule has 30 heavy (non-hydrogen) atoms. The number of aryl methyl sites for hydroxylation is 1. The van der Waals surface area contributed by atoms with E-state index < -0.39 is 4.92 Å². The van der Waals surface area contributed by atoms with Crippen LogP contribution in [-0.2, 0) is 13.2 Å². The Morgan fingerprint density at radius 2 is 1.50 bits per heavy atom. The van der Waals surface area contributed by atoms with Crippen LogP contribution in [-0.4, -0.2) is 21.6 Å². The summed E-state index contributed by atoms with van der Waals surface area (Å²) in [5, 5.41) is 10.9. The van der Waals surface area contributed by atoms with Crippen LogP contribution in [0.5, 0.6) is 5.75 Å². The number of rotatable bonds is 6. The van der Waals surface area contributed by atoms with Crippen molar-refractivity contribution in [3.8, 4) is 5.75 Å². The number of nitro benzene ring substituents is 1. The van der Waals surface area contributed by atoms with Crippen LogP contribution in [0.25, 0.3) is 0 Å². The molecule has 0 radical (unpaired) electrons. The molecule has 3 aromatic carbocycles. The van der Waals surface area contributed by atoms with E-state index in [-0.39, 0.29) is 24.0 Å².